The van der Waals surface area contributed by atoms with Gasteiger partial charge < -0.3 is 0 Å². The van der Waals surface area contributed by atoms with E-state index in [1.54, 1.807) is 36.7 Å². The standard InChI is InChI=1S/C17H20N4O3S/c1-3-14-4-6-16(7-5-14)21(25(2,23)24)13-17(22)20-19-12-15-8-10-18-11-9-15/h4-12H,3,13H2,1-2H3,(H,20,22)/b19-12-. The molecule has 1 aromatic carbocycles. The molecule has 0 bridgehead atoms. The fraction of sp³-hybridized carbons (Fsp3) is 0.235. The zero-order chi connectivity index (χ0) is 18.3. The molecule has 0 saturated heterocycles. The number of anilines is 1. The van der Waals surface area contributed by atoms with Crippen LogP contribution in [0.3, 0.4) is 0 Å². The molecule has 0 radical (unpaired) electrons. The Balaban J connectivity index is 2.06. The Hall–Kier alpha value is -2.74. The molecule has 0 unspecified atom stereocenters. The predicted molar refractivity (Wildman–Crippen MR) is 98.0 cm³/mol. The Labute approximate surface area is 147 Å². The van der Waals surface area contributed by atoms with Gasteiger partial charge in [0.25, 0.3) is 5.91 Å². The van der Waals surface area contributed by atoms with Gasteiger partial charge in [0.2, 0.25) is 10.0 Å². The van der Waals surface area contributed by atoms with Crippen molar-refractivity contribution in [2.75, 3.05) is 17.1 Å². The highest BCUT2D eigenvalue weighted by molar-refractivity contribution is 7.92. The third-order valence-corrected chi connectivity index (χ3v) is 4.57. The zero-order valence-corrected chi connectivity index (χ0v) is 14.9. The summed E-state index contributed by atoms with van der Waals surface area (Å²) in [6.45, 7) is 1.66. The lowest BCUT2D eigenvalue weighted by molar-refractivity contribution is -0.119. The molecular formula is C17H20N4O3S. The van der Waals surface area contributed by atoms with Gasteiger partial charge in [0.05, 0.1) is 18.2 Å². The fourth-order valence-electron chi connectivity index (χ4n) is 2.09. The van der Waals surface area contributed by atoms with Crippen LogP contribution in [-0.4, -0.2) is 38.3 Å². The zero-order valence-electron chi connectivity index (χ0n) is 14.1. The first-order chi connectivity index (χ1) is 11.9. The first-order valence-corrected chi connectivity index (χ1v) is 9.53. The van der Waals surface area contributed by atoms with E-state index in [2.05, 4.69) is 15.5 Å². The largest absolute Gasteiger partial charge is 0.271 e. The maximum atomic E-state index is 12.0. The van der Waals surface area contributed by atoms with Crippen LogP contribution in [-0.2, 0) is 21.2 Å². The van der Waals surface area contributed by atoms with Crippen molar-refractivity contribution in [3.05, 3.63) is 59.9 Å². The maximum Gasteiger partial charge on any atom is 0.260 e. The predicted octanol–water partition coefficient (Wildman–Crippen LogP) is 1.56. The smallest absolute Gasteiger partial charge is 0.260 e. The van der Waals surface area contributed by atoms with Crippen LogP contribution in [0.15, 0.2) is 53.9 Å². The van der Waals surface area contributed by atoms with Gasteiger partial charge >= 0.3 is 0 Å². The van der Waals surface area contributed by atoms with Crippen molar-refractivity contribution in [3.63, 3.8) is 0 Å². The van der Waals surface area contributed by atoms with Gasteiger partial charge in [-0.1, -0.05) is 19.1 Å². The molecule has 0 spiro atoms. The number of pyridine rings is 1. The van der Waals surface area contributed by atoms with Crippen LogP contribution in [0.4, 0.5) is 5.69 Å². The summed E-state index contributed by atoms with van der Waals surface area (Å²) in [5.74, 6) is -0.532. The number of nitrogens with zero attached hydrogens (tertiary/aromatic N) is 3. The number of hydrogen-bond donors (Lipinski definition) is 1. The van der Waals surface area contributed by atoms with Crippen LogP contribution in [0.2, 0.25) is 0 Å². The molecule has 0 fully saturated rings. The fourth-order valence-corrected chi connectivity index (χ4v) is 2.95. The lowest BCUT2D eigenvalue weighted by Crippen LogP contribution is -2.39. The molecule has 2 aromatic rings. The number of sulfonamides is 1. The monoisotopic (exact) mass is 360 g/mol. The van der Waals surface area contributed by atoms with E-state index in [0.29, 0.717) is 5.69 Å². The molecule has 25 heavy (non-hydrogen) atoms. The summed E-state index contributed by atoms with van der Waals surface area (Å²) >= 11 is 0. The minimum Gasteiger partial charge on any atom is -0.271 e. The van der Waals surface area contributed by atoms with Crippen LogP contribution >= 0.6 is 0 Å². The topological polar surface area (TPSA) is 91.7 Å². The number of hydrazone groups is 1. The second-order valence-electron chi connectivity index (χ2n) is 5.36. The number of amides is 1. The summed E-state index contributed by atoms with van der Waals surface area (Å²) in [6.07, 6.45) is 6.58. The van der Waals surface area contributed by atoms with Gasteiger partial charge in [-0.3, -0.25) is 14.1 Å². The van der Waals surface area contributed by atoms with Crippen LogP contribution < -0.4 is 9.73 Å². The summed E-state index contributed by atoms with van der Waals surface area (Å²) < 4.78 is 25.1. The first-order valence-electron chi connectivity index (χ1n) is 7.68. The molecule has 132 valence electrons. The average molecular weight is 360 g/mol. The lowest BCUT2D eigenvalue weighted by Gasteiger charge is -2.21. The van der Waals surface area contributed by atoms with Crippen LogP contribution in [0, 0.1) is 0 Å². The van der Waals surface area contributed by atoms with Gasteiger partial charge in [-0.25, -0.2) is 13.8 Å². The molecule has 0 atom stereocenters. The molecule has 0 saturated carbocycles. The van der Waals surface area contributed by atoms with Gasteiger partial charge in [-0.2, -0.15) is 5.10 Å². The molecule has 0 aliphatic heterocycles. The first kappa shape index (κ1) is 18.6. The normalized spacial score (nSPS) is 11.4. The third kappa shape index (κ3) is 5.68. The number of carbonyl (C=O) groups is 1. The Morgan fingerprint density at radius 2 is 1.84 bits per heavy atom. The lowest BCUT2D eigenvalue weighted by atomic mass is 10.1. The van der Waals surface area contributed by atoms with E-state index in [-0.39, 0.29) is 6.54 Å². The highest BCUT2D eigenvalue weighted by Gasteiger charge is 2.20. The summed E-state index contributed by atoms with van der Waals surface area (Å²) in [6, 6.07) is 10.5. The number of hydrogen-bond acceptors (Lipinski definition) is 5. The van der Waals surface area contributed by atoms with Crippen molar-refractivity contribution in [1.82, 2.24) is 10.4 Å². The van der Waals surface area contributed by atoms with E-state index in [0.717, 1.165) is 28.1 Å². The van der Waals surface area contributed by atoms with Gasteiger partial charge in [-0.15, -0.1) is 0 Å². The summed E-state index contributed by atoms with van der Waals surface area (Å²) in [4.78, 5) is 15.9. The molecule has 2 rings (SSSR count). The van der Waals surface area contributed by atoms with Gasteiger partial charge in [0.1, 0.15) is 6.54 Å². The van der Waals surface area contributed by atoms with Crippen LogP contribution in [0.25, 0.3) is 0 Å². The van der Waals surface area contributed by atoms with Crippen molar-refractivity contribution in [2.24, 2.45) is 5.10 Å². The number of nitrogens with one attached hydrogen (secondary N) is 1. The Bertz CT molecular complexity index is 834. The third-order valence-electron chi connectivity index (χ3n) is 3.43. The average Bonchev–Trinajstić information content (AvgIpc) is 2.60. The van der Waals surface area contributed by atoms with Gasteiger partial charge in [0.15, 0.2) is 0 Å². The second-order valence-corrected chi connectivity index (χ2v) is 7.27. The number of aryl methyl sites for hydroxylation is 1. The molecule has 1 N–H and O–H groups in total. The quantitative estimate of drug-likeness (QED) is 0.599. The Kier molecular flexibility index (Phi) is 6.24. The van der Waals surface area contributed by atoms with E-state index in [1.165, 1.54) is 6.21 Å². The van der Waals surface area contributed by atoms with Crippen LogP contribution in [0.5, 0.6) is 0 Å². The van der Waals surface area contributed by atoms with E-state index in [9.17, 15) is 13.2 Å². The van der Waals surface area contributed by atoms with Gasteiger partial charge in [0, 0.05) is 12.4 Å². The summed E-state index contributed by atoms with van der Waals surface area (Å²) in [5.41, 5.74) is 4.62. The van der Waals surface area contributed by atoms with Crippen LogP contribution in [0.1, 0.15) is 18.1 Å². The molecule has 1 heterocycles. The summed E-state index contributed by atoms with van der Waals surface area (Å²) in [5, 5.41) is 3.82. The molecule has 8 heteroatoms. The van der Waals surface area contributed by atoms with Crippen molar-refractivity contribution >= 4 is 27.8 Å². The van der Waals surface area contributed by atoms with E-state index < -0.39 is 15.9 Å². The minimum absolute atomic E-state index is 0.349. The van der Waals surface area contributed by atoms with Gasteiger partial charge in [-0.05, 0) is 41.8 Å². The highest BCUT2D eigenvalue weighted by Crippen LogP contribution is 2.18. The highest BCUT2D eigenvalue weighted by atomic mass is 32.2. The Morgan fingerprint density at radius 3 is 2.40 bits per heavy atom. The number of carbonyl (C=O) groups excluding carboxylic acids is 1. The van der Waals surface area contributed by atoms with E-state index in [1.807, 2.05) is 19.1 Å². The number of rotatable bonds is 7. The maximum absolute atomic E-state index is 12.0. The van der Waals surface area contributed by atoms with Crippen molar-refractivity contribution in [2.45, 2.75) is 13.3 Å². The Morgan fingerprint density at radius 1 is 1.20 bits per heavy atom. The molecule has 0 aliphatic carbocycles. The van der Waals surface area contributed by atoms with Crippen molar-refractivity contribution in [1.29, 1.82) is 0 Å². The van der Waals surface area contributed by atoms with Crippen molar-refractivity contribution in [3.8, 4) is 0 Å². The van der Waals surface area contributed by atoms with Crippen molar-refractivity contribution < 1.29 is 13.2 Å². The van der Waals surface area contributed by atoms with E-state index in [4.69, 9.17) is 0 Å². The van der Waals surface area contributed by atoms with E-state index >= 15 is 0 Å². The molecular weight excluding hydrogens is 340 g/mol. The molecule has 1 aromatic heterocycles. The molecule has 0 aliphatic rings. The molecule has 1 amide bonds. The number of aromatic nitrogens is 1. The SMILES string of the molecule is CCc1ccc(N(CC(=O)N/N=C\c2ccncc2)S(C)(=O)=O)cc1. The summed E-state index contributed by atoms with van der Waals surface area (Å²) in [7, 11) is -3.60. The minimum atomic E-state index is -3.60. The number of benzene rings is 1. The molecule has 7 nitrogen and oxygen atoms in total. The second kappa shape index (κ2) is 8.39.